The Labute approximate surface area is 170 Å². The van der Waals surface area contributed by atoms with E-state index < -0.39 is 33.1 Å². The third-order valence-corrected chi connectivity index (χ3v) is 7.55. The number of amides is 1. The molecule has 1 amide bonds. The summed E-state index contributed by atoms with van der Waals surface area (Å²) in [4.78, 5) is 16.6. The van der Waals surface area contributed by atoms with Gasteiger partial charge in [-0.25, -0.2) is 22.2 Å². The van der Waals surface area contributed by atoms with Crippen LogP contribution in [0.5, 0.6) is 0 Å². The van der Waals surface area contributed by atoms with Gasteiger partial charge in [-0.1, -0.05) is 23.8 Å². The fourth-order valence-corrected chi connectivity index (χ4v) is 5.77. The molecule has 152 valence electrons. The molecule has 0 spiro atoms. The summed E-state index contributed by atoms with van der Waals surface area (Å²) in [7, 11) is -3.60. The Morgan fingerprint density at radius 3 is 2.45 bits per heavy atom. The van der Waals surface area contributed by atoms with Gasteiger partial charge in [0.2, 0.25) is 10.0 Å². The van der Waals surface area contributed by atoms with Gasteiger partial charge in [-0.2, -0.15) is 4.31 Å². The van der Waals surface area contributed by atoms with Crippen molar-refractivity contribution in [2.75, 3.05) is 18.4 Å². The maximum absolute atomic E-state index is 13.8. The maximum Gasteiger partial charge on any atom is 0.263 e. The number of aromatic nitrogens is 1. The number of sulfonamides is 1. The van der Waals surface area contributed by atoms with Gasteiger partial charge in [-0.05, 0) is 43.2 Å². The second-order valence-corrected chi connectivity index (χ2v) is 9.63. The van der Waals surface area contributed by atoms with Crippen LogP contribution in [-0.4, -0.2) is 36.7 Å². The van der Waals surface area contributed by atoms with E-state index in [9.17, 15) is 22.0 Å². The molecule has 1 aliphatic heterocycles. The summed E-state index contributed by atoms with van der Waals surface area (Å²) < 4.78 is 55.2. The number of nitrogens with zero attached hydrogens (tertiary/aromatic N) is 2. The van der Waals surface area contributed by atoms with Crippen LogP contribution in [0.15, 0.2) is 41.3 Å². The van der Waals surface area contributed by atoms with Gasteiger partial charge < -0.3 is 0 Å². The first kappa shape index (κ1) is 19.9. The monoisotopic (exact) mass is 437 g/mol. The second-order valence-electron chi connectivity index (χ2n) is 6.66. The summed E-state index contributed by atoms with van der Waals surface area (Å²) in [6.45, 7) is 0.997. The van der Waals surface area contributed by atoms with Crippen molar-refractivity contribution in [1.82, 2.24) is 9.29 Å². The van der Waals surface area contributed by atoms with Crippen LogP contribution >= 0.6 is 11.3 Å². The summed E-state index contributed by atoms with van der Waals surface area (Å²) in [6, 6.07) is 7.71. The van der Waals surface area contributed by atoms with Gasteiger partial charge in [0.05, 0.1) is 15.1 Å². The molecule has 4 rings (SSSR count). The Balaban J connectivity index is 1.61. The molecule has 6 nitrogen and oxygen atoms in total. The number of nitrogens with one attached hydrogen (secondary N) is 1. The predicted molar refractivity (Wildman–Crippen MR) is 107 cm³/mol. The van der Waals surface area contributed by atoms with Gasteiger partial charge in [-0.3, -0.25) is 10.1 Å². The van der Waals surface area contributed by atoms with E-state index in [2.05, 4.69) is 10.3 Å². The van der Waals surface area contributed by atoms with Crippen LogP contribution in [0.1, 0.15) is 29.6 Å². The Hall–Kier alpha value is -2.43. The first-order chi connectivity index (χ1) is 13.9. The molecular weight excluding hydrogens is 420 g/mol. The molecule has 0 aliphatic carbocycles. The summed E-state index contributed by atoms with van der Waals surface area (Å²) in [6.07, 6.45) is 2.70. The molecule has 2 heterocycles. The summed E-state index contributed by atoms with van der Waals surface area (Å²) in [5.74, 6) is -2.90. The molecule has 1 fully saturated rings. The molecule has 0 saturated carbocycles. The van der Waals surface area contributed by atoms with Crippen molar-refractivity contribution in [3.05, 3.63) is 53.6 Å². The quantitative estimate of drug-likeness (QED) is 0.669. The van der Waals surface area contributed by atoms with Crippen LogP contribution in [0, 0.1) is 11.6 Å². The van der Waals surface area contributed by atoms with Gasteiger partial charge >= 0.3 is 0 Å². The summed E-state index contributed by atoms with van der Waals surface area (Å²) >= 11 is 1.04. The molecule has 0 atom stereocenters. The Morgan fingerprint density at radius 1 is 1.07 bits per heavy atom. The molecule has 0 unspecified atom stereocenters. The highest BCUT2D eigenvalue weighted by atomic mass is 32.2. The van der Waals surface area contributed by atoms with E-state index in [1.807, 2.05) is 0 Å². The molecule has 1 aliphatic rings. The Bertz CT molecular complexity index is 1170. The van der Waals surface area contributed by atoms with Gasteiger partial charge in [0, 0.05) is 13.1 Å². The van der Waals surface area contributed by atoms with Crippen molar-refractivity contribution >= 4 is 42.6 Å². The van der Waals surface area contributed by atoms with E-state index >= 15 is 0 Å². The number of hydrogen-bond donors (Lipinski definition) is 1. The Kier molecular flexibility index (Phi) is 5.32. The van der Waals surface area contributed by atoms with E-state index in [1.54, 1.807) is 6.07 Å². The number of hydrogen-bond acceptors (Lipinski definition) is 5. The summed E-state index contributed by atoms with van der Waals surface area (Å²) in [5.41, 5.74) is -0.211. The number of fused-ring (bicyclic) bond motifs is 1. The van der Waals surface area contributed by atoms with Crippen molar-refractivity contribution < 1.29 is 22.0 Å². The lowest BCUT2D eigenvalue weighted by Crippen LogP contribution is -2.35. The number of benzene rings is 2. The molecule has 1 saturated heterocycles. The molecule has 1 aromatic heterocycles. The van der Waals surface area contributed by atoms with Gasteiger partial charge in [0.1, 0.15) is 17.2 Å². The lowest BCUT2D eigenvalue weighted by Gasteiger charge is -2.25. The highest BCUT2D eigenvalue weighted by Gasteiger charge is 2.26. The Morgan fingerprint density at radius 2 is 1.76 bits per heavy atom. The number of carbonyl (C=O) groups is 1. The highest BCUT2D eigenvalue weighted by Crippen LogP contribution is 2.30. The number of halogens is 2. The van der Waals surface area contributed by atoms with Crippen LogP contribution < -0.4 is 5.32 Å². The normalized spacial score (nSPS) is 15.5. The number of rotatable bonds is 4. The minimum Gasteiger partial charge on any atom is -0.298 e. The van der Waals surface area contributed by atoms with E-state index in [0.29, 0.717) is 23.3 Å². The first-order valence-electron chi connectivity index (χ1n) is 9.02. The van der Waals surface area contributed by atoms with Crippen LogP contribution in [0.4, 0.5) is 13.9 Å². The summed E-state index contributed by atoms with van der Waals surface area (Å²) in [5, 5.41) is 2.50. The molecule has 2 aromatic carbocycles. The fourth-order valence-electron chi connectivity index (χ4n) is 3.25. The molecule has 3 aromatic rings. The average molecular weight is 437 g/mol. The zero-order valence-corrected chi connectivity index (χ0v) is 16.8. The van der Waals surface area contributed by atoms with Crippen LogP contribution in [-0.2, 0) is 10.0 Å². The van der Waals surface area contributed by atoms with Gasteiger partial charge in [0.15, 0.2) is 5.13 Å². The van der Waals surface area contributed by atoms with Gasteiger partial charge in [-0.15, -0.1) is 0 Å². The third-order valence-electron chi connectivity index (χ3n) is 4.72. The largest absolute Gasteiger partial charge is 0.298 e. The molecular formula is C19H17F2N3O3S2. The zero-order valence-electron chi connectivity index (χ0n) is 15.2. The predicted octanol–water partition coefficient (Wildman–Crippen LogP) is 4.00. The highest BCUT2D eigenvalue weighted by molar-refractivity contribution is 7.89. The molecule has 1 N–H and O–H groups in total. The van der Waals surface area contributed by atoms with E-state index in [-0.39, 0.29) is 10.0 Å². The number of thiazole rings is 1. The lowest BCUT2D eigenvalue weighted by atomic mass is 10.2. The smallest absolute Gasteiger partial charge is 0.263 e. The standard InChI is InChI=1S/C19H17F2N3O3S2/c20-13-5-4-6-14(21)17(13)18(25)23-19-22-15-8-7-12(11-16(15)28-19)29(26,27)24-9-2-1-3-10-24/h4-8,11H,1-3,9-10H2,(H,22,23,25). The topological polar surface area (TPSA) is 79.4 Å². The fraction of sp³-hybridized carbons (Fsp3) is 0.263. The van der Waals surface area contributed by atoms with Crippen LogP contribution in [0.2, 0.25) is 0 Å². The number of anilines is 1. The lowest BCUT2D eigenvalue weighted by molar-refractivity contribution is 0.101. The van der Waals surface area contributed by atoms with Crippen molar-refractivity contribution in [3.8, 4) is 0 Å². The molecule has 0 radical (unpaired) electrons. The van der Waals surface area contributed by atoms with Crippen molar-refractivity contribution in [2.24, 2.45) is 0 Å². The van der Waals surface area contributed by atoms with E-state index in [1.165, 1.54) is 22.5 Å². The molecule has 29 heavy (non-hydrogen) atoms. The molecule has 0 bridgehead atoms. The third kappa shape index (κ3) is 3.87. The number of piperidine rings is 1. The minimum absolute atomic E-state index is 0.125. The molecule has 10 heteroatoms. The van der Waals surface area contributed by atoms with Crippen molar-refractivity contribution in [3.63, 3.8) is 0 Å². The van der Waals surface area contributed by atoms with Gasteiger partial charge in [0.25, 0.3) is 5.91 Å². The van der Waals surface area contributed by atoms with Crippen LogP contribution in [0.3, 0.4) is 0 Å². The zero-order chi connectivity index (χ0) is 20.6. The van der Waals surface area contributed by atoms with E-state index in [4.69, 9.17) is 0 Å². The number of carbonyl (C=O) groups excluding carboxylic acids is 1. The SMILES string of the molecule is O=C(Nc1nc2ccc(S(=O)(=O)N3CCCCC3)cc2s1)c1c(F)cccc1F. The first-order valence-corrected chi connectivity index (χ1v) is 11.3. The second kappa shape index (κ2) is 7.77. The van der Waals surface area contributed by atoms with Crippen molar-refractivity contribution in [2.45, 2.75) is 24.2 Å². The maximum atomic E-state index is 13.8. The van der Waals surface area contributed by atoms with Crippen molar-refractivity contribution in [1.29, 1.82) is 0 Å². The van der Waals surface area contributed by atoms with E-state index in [0.717, 1.165) is 42.7 Å². The minimum atomic E-state index is -3.60. The van der Waals surface area contributed by atoms with Crippen LogP contribution in [0.25, 0.3) is 10.2 Å². The average Bonchev–Trinajstić information content (AvgIpc) is 3.10.